The van der Waals surface area contributed by atoms with E-state index in [9.17, 15) is 9.90 Å². The SMILES string of the molecule is O=C1Nc2cc(-c3cccs3)ccc2C1=Cc1ccccc1O. The first-order chi connectivity index (χ1) is 11.2. The number of amides is 1. The van der Waals surface area contributed by atoms with Gasteiger partial charge in [-0.15, -0.1) is 11.3 Å². The van der Waals surface area contributed by atoms with Gasteiger partial charge in [-0.1, -0.05) is 36.4 Å². The van der Waals surface area contributed by atoms with Crippen molar-refractivity contribution in [3.63, 3.8) is 0 Å². The predicted molar refractivity (Wildman–Crippen MR) is 94.4 cm³/mol. The van der Waals surface area contributed by atoms with Crippen molar-refractivity contribution in [2.45, 2.75) is 0 Å². The zero-order valence-corrected chi connectivity index (χ0v) is 12.9. The van der Waals surface area contributed by atoms with Gasteiger partial charge in [0.05, 0.1) is 0 Å². The number of rotatable bonds is 2. The number of hydrogen-bond acceptors (Lipinski definition) is 3. The average Bonchev–Trinajstić information content (AvgIpc) is 3.18. The van der Waals surface area contributed by atoms with Gasteiger partial charge in [0.25, 0.3) is 5.91 Å². The van der Waals surface area contributed by atoms with Crippen LogP contribution in [0.15, 0.2) is 60.0 Å². The third-order valence-electron chi connectivity index (χ3n) is 3.84. The van der Waals surface area contributed by atoms with Crippen LogP contribution in [0.2, 0.25) is 0 Å². The number of carbonyl (C=O) groups excluding carboxylic acids is 1. The fourth-order valence-electron chi connectivity index (χ4n) is 2.70. The molecule has 0 aliphatic carbocycles. The van der Waals surface area contributed by atoms with Gasteiger partial charge in [-0.3, -0.25) is 4.79 Å². The van der Waals surface area contributed by atoms with Gasteiger partial charge >= 0.3 is 0 Å². The minimum atomic E-state index is -0.147. The van der Waals surface area contributed by atoms with Gasteiger partial charge in [0.1, 0.15) is 5.75 Å². The van der Waals surface area contributed by atoms with Gasteiger partial charge < -0.3 is 10.4 Å². The second-order valence-electron chi connectivity index (χ2n) is 5.31. The fraction of sp³-hybridized carbons (Fsp3) is 0. The van der Waals surface area contributed by atoms with Gasteiger partial charge in [0.15, 0.2) is 0 Å². The molecular formula is C19H13NO2S. The highest BCUT2D eigenvalue weighted by molar-refractivity contribution is 7.13. The van der Waals surface area contributed by atoms with E-state index in [0.29, 0.717) is 11.1 Å². The van der Waals surface area contributed by atoms with Gasteiger partial charge in [0, 0.05) is 27.3 Å². The first kappa shape index (κ1) is 13.8. The van der Waals surface area contributed by atoms with Crippen molar-refractivity contribution in [3.8, 4) is 16.2 Å². The van der Waals surface area contributed by atoms with Crippen molar-refractivity contribution in [2.24, 2.45) is 0 Å². The molecule has 4 heteroatoms. The summed E-state index contributed by atoms with van der Waals surface area (Å²) in [4.78, 5) is 13.5. The summed E-state index contributed by atoms with van der Waals surface area (Å²) in [6.07, 6.45) is 1.72. The number of phenols is 1. The number of anilines is 1. The predicted octanol–water partition coefficient (Wildman–Crippen LogP) is 4.61. The van der Waals surface area contributed by atoms with Crippen LogP contribution in [0.25, 0.3) is 22.1 Å². The van der Waals surface area contributed by atoms with Gasteiger partial charge in [-0.25, -0.2) is 0 Å². The molecule has 0 radical (unpaired) electrons. The molecule has 1 aromatic heterocycles. The topological polar surface area (TPSA) is 49.3 Å². The molecule has 2 N–H and O–H groups in total. The zero-order chi connectivity index (χ0) is 15.8. The molecule has 0 bridgehead atoms. The lowest BCUT2D eigenvalue weighted by Crippen LogP contribution is -2.03. The Hall–Kier alpha value is -2.85. The molecule has 23 heavy (non-hydrogen) atoms. The first-order valence-electron chi connectivity index (χ1n) is 7.22. The highest BCUT2D eigenvalue weighted by Gasteiger charge is 2.24. The Bertz CT molecular complexity index is 926. The van der Waals surface area contributed by atoms with E-state index in [2.05, 4.69) is 11.4 Å². The van der Waals surface area contributed by atoms with E-state index in [0.717, 1.165) is 16.8 Å². The van der Waals surface area contributed by atoms with Crippen LogP contribution in [0, 0.1) is 0 Å². The molecule has 4 rings (SSSR count). The maximum Gasteiger partial charge on any atom is 0.256 e. The highest BCUT2D eigenvalue weighted by Crippen LogP contribution is 2.37. The van der Waals surface area contributed by atoms with Crippen LogP contribution in [-0.2, 0) is 4.79 Å². The standard InChI is InChI=1S/C19H13NO2S/c21-17-5-2-1-4-12(17)10-15-14-8-7-13(18-6-3-9-23-18)11-16(14)20-19(15)22/h1-11,21H,(H,20,22). The number of para-hydroxylation sites is 1. The Labute approximate surface area is 137 Å². The van der Waals surface area contributed by atoms with Gasteiger partial charge in [-0.2, -0.15) is 0 Å². The lowest BCUT2D eigenvalue weighted by molar-refractivity contribution is -0.110. The molecule has 3 aromatic rings. The molecule has 112 valence electrons. The zero-order valence-electron chi connectivity index (χ0n) is 12.1. The number of thiophene rings is 1. The molecule has 3 nitrogen and oxygen atoms in total. The number of aromatic hydroxyl groups is 1. The summed E-state index contributed by atoms with van der Waals surface area (Å²) in [5.74, 6) is 0.0167. The Morgan fingerprint density at radius 3 is 2.70 bits per heavy atom. The van der Waals surface area contributed by atoms with Crippen molar-refractivity contribution >= 4 is 34.6 Å². The molecule has 1 aliphatic heterocycles. The minimum Gasteiger partial charge on any atom is -0.507 e. The van der Waals surface area contributed by atoms with E-state index in [1.165, 1.54) is 4.88 Å². The number of phenolic OH excluding ortho intramolecular Hbond substituents is 1. The van der Waals surface area contributed by atoms with Gasteiger partial charge in [-0.05, 0) is 35.2 Å². The van der Waals surface area contributed by atoms with Crippen LogP contribution < -0.4 is 5.32 Å². The summed E-state index contributed by atoms with van der Waals surface area (Å²) in [6, 6.07) is 17.0. The third kappa shape index (κ3) is 2.43. The molecule has 0 saturated heterocycles. The molecule has 1 aliphatic rings. The summed E-state index contributed by atoms with van der Waals surface area (Å²) >= 11 is 1.67. The minimum absolute atomic E-state index is 0.147. The van der Waals surface area contributed by atoms with Crippen molar-refractivity contribution in [3.05, 3.63) is 71.1 Å². The van der Waals surface area contributed by atoms with Crippen LogP contribution in [-0.4, -0.2) is 11.0 Å². The van der Waals surface area contributed by atoms with E-state index in [-0.39, 0.29) is 11.7 Å². The molecular weight excluding hydrogens is 306 g/mol. The highest BCUT2D eigenvalue weighted by atomic mass is 32.1. The van der Waals surface area contributed by atoms with Crippen LogP contribution >= 0.6 is 11.3 Å². The smallest absolute Gasteiger partial charge is 0.256 e. The normalized spacial score (nSPS) is 14.8. The van der Waals surface area contributed by atoms with E-state index in [1.807, 2.05) is 35.7 Å². The fourth-order valence-corrected chi connectivity index (χ4v) is 3.42. The summed E-state index contributed by atoms with van der Waals surface area (Å²) in [6.45, 7) is 0. The number of fused-ring (bicyclic) bond motifs is 1. The lowest BCUT2D eigenvalue weighted by atomic mass is 10.0. The largest absolute Gasteiger partial charge is 0.507 e. The second kappa shape index (κ2) is 5.41. The van der Waals surface area contributed by atoms with Gasteiger partial charge in [0.2, 0.25) is 0 Å². The Balaban J connectivity index is 1.79. The maximum absolute atomic E-state index is 12.3. The van der Waals surface area contributed by atoms with Crippen LogP contribution in [0.5, 0.6) is 5.75 Å². The molecule has 1 amide bonds. The number of carbonyl (C=O) groups is 1. The van der Waals surface area contributed by atoms with Crippen molar-refractivity contribution < 1.29 is 9.90 Å². The Morgan fingerprint density at radius 2 is 1.91 bits per heavy atom. The number of hydrogen-bond donors (Lipinski definition) is 2. The van der Waals surface area contributed by atoms with Crippen LogP contribution in [0.1, 0.15) is 11.1 Å². The van der Waals surface area contributed by atoms with E-state index in [1.54, 1.807) is 35.6 Å². The van der Waals surface area contributed by atoms with Crippen molar-refractivity contribution in [1.29, 1.82) is 0 Å². The molecule has 0 saturated carbocycles. The summed E-state index contributed by atoms with van der Waals surface area (Å²) in [7, 11) is 0. The molecule has 2 aromatic carbocycles. The average molecular weight is 319 g/mol. The van der Waals surface area contributed by atoms with E-state index < -0.39 is 0 Å². The molecule has 0 unspecified atom stereocenters. The maximum atomic E-state index is 12.3. The summed E-state index contributed by atoms with van der Waals surface area (Å²) in [5, 5.41) is 14.8. The molecule has 0 atom stereocenters. The second-order valence-corrected chi connectivity index (χ2v) is 6.26. The number of benzene rings is 2. The van der Waals surface area contributed by atoms with E-state index >= 15 is 0 Å². The van der Waals surface area contributed by atoms with Crippen molar-refractivity contribution in [2.75, 3.05) is 5.32 Å². The van der Waals surface area contributed by atoms with Crippen LogP contribution in [0.3, 0.4) is 0 Å². The molecule has 0 spiro atoms. The first-order valence-corrected chi connectivity index (χ1v) is 8.10. The third-order valence-corrected chi connectivity index (χ3v) is 4.76. The van der Waals surface area contributed by atoms with Crippen molar-refractivity contribution in [1.82, 2.24) is 0 Å². The van der Waals surface area contributed by atoms with E-state index in [4.69, 9.17) is 0 Å². The quantitative estimate of drug-likeness (QED) is 0.678. The Kier molecular flexibility index (Phi) is 3.24. The molecule has 0 fully saturated rings. The van der Waals surface area contributed by atoms with Crippen LogP contribution in [0.4, 0.5) is 5.69 Å². The lowest BCUT2D eigenvalue weighted by Gasteiger charge is -2.03. The number of nitrogens with one attached hydrogen (secondary N) is 1. The summed E-state index contributed by atoms with van der Waals surface area (Å²) < 4.78 is 0. The monoisotopic (exact) mass is 319 g/mol. The Morgan fingerprint density at radius 1 is 1.04 bits per heavy atom. The summed E-state index contributed by atoms with van der Waals surface area (Å²) in [5.41, 5.74) is 3.95. The molecule has 2 heterocycles.